The lowest BCUT2D eigenvalue weighted by Crippen LogP contribution is -2.20. The molecule has 1 aromatic heterocycles. The minimum atomic E-state index is -0.0980. The summed E-state index contributed by atoms with van der Waals surface area (Å²) in [5, 5.41) is 5.55. The van der Waals surface area contributed by atoms with Crippen molar-refractivity contribution in [3.05, 3.63) is 17.5 Å². The molecule has 1 aliphatic heterocycles. The molecule has 2 heterocycles. The predicted molar refractivity (Wildman–Crippen MR) is 52.3 cm³/mol. The lowest BCUT2D eigenvalue weighted by molar-refractivity contribution is -0.116. The molecule has 5 nitrogen and oxygen atoms in total. The maximum absolute atomic E-state index is 11.4. The van der Waals surface area contributed by atoms with E-state index >= 15 is 0 Å². The molecule has 2 rings (SSSR count). The highest BCUT2D eigenvalue weighted by molar-refractivity contribution is 6.29. The first-order chi connectivity index (χ1) is 6.66. The molecule has 0 fully saturated rings. The Morgan fingerprint density at radius 3 is 2.71 bits per heavy atom. The third-order valence-electron chi connectivity index (χ3n) is 1.74. The van der Waals surface area contributed by atoms with Crippen LogP contribution in [0.5, 0.6) is 0 Å². The van der Waals surface area contributed by atoms with E-state index in [1.54, 1.807) is 6.92 Å². The van der Waals surface area contributed by atoms with Gasteiger partial charge in [0, 0.05) is 5.71 Å². The molecule has 0 radical (unpaired) electrons. The minimum Gasteiger partial charge on any atom is -0.272 e. The molecular weight excluding hydrogens is 204 g/mol. The number of nitrogens with zero attached hydrogens (tertiary/aromatic N) is 4. The van der Waals surface area contributed by atoms with Gasteiger partial charge in [0.05, 0.1) is 18.8 Å². The predicted octanol–water partition coefficient (Wildman–Crippen LogP) is 1.24. The summed E-state index contributed by atoms with van der Waals surface area (Å²) >= 11 is 5.57. The van der Waals surface area contributed by atoms with Gasteiger partial charge in [0.25, 0.3) is 5.91 Å². The van der Waals surface area contributed by atoms with Crippen molar-refractivity contribution in [2.24, 2.45) is 5.10 Å². The maximum Gasteiger partial charge on any atom is 0.254 e. The third-order valence-corrected chi connectivity index (χ3v) is 1.93. The van der Waals surface area contributed by atoms with E-state index in [0.717, 1.165) is 5.71 Å². The summed E-state index contributed by atoms with van der Waals surface area (Å²) in [6.07, 6.45) is 3.14. The van der Waals surface area contributed by atoms with E-state index in [0.29, 0.717) is 17.4 Å². The van der Waals surface area contributed by atoms with Gasteiger partial charge in [-0.2, -0.15) is 10.1 Å². The van der Waals surface area contributed by atoms with E-state index in [4.69, 9.17) is 11.6 Å². The Kier molecular flexibility index (Phi) is 2.17. The van der Waals surface area contributed by atoms with Gasteiger partial charge >= 0.3 is 0 Å². The van der Waals surface area contributed by atoms with Crippen LogP contribution >= 0.6 is 11.6 Å². The van der Waals surface area contributed by atoms with Crippen LogP contribution in [-0.2, 0) is 4.79 Å². The third kappa shape index (κ3) is 1.58. The number of carbonyl (C=O) groups is 1. The first-order valence-corrected chi connectivity index (χ1v) is 4.39. The van der Waals surface area contributed by atoms with Gasteiger partial charge in [-0.05, 0) is 6.92 Å². The van der Waals surface area contributed by atoms with Crippen molar-refractivity contribution in [3.63, 3.8) is 0 Å². The molecule has 6 heteroatoms. The van der Waals surface area contributed by atoms with Crippen LogP contribution in [0.25, 0.3) is 0 Å². The molecule has 0 aliphatic carbocycles. The average Bonchev–Trinajstić information content (AvgIpc) is 2.47. The molecule has 0 unspecified atom stereocenters. The normalized spacial score (nSPS) is 16.0. The Labute approximate surface area is 85.4 Å². The van der Waals surface area contributed by atoms with E-state index in [-0.39, 0.29) is 5.91 Å². The van der Waals surface area contributed by atoms with Gasteiger partial charge in [0.15, 0.2) is 5.82 Å². The molecule has 0 N–H and O–H groups in total. The Bertz CT molecular complexity index is 400. The zero-order valence-corrected chi connectivity index (χ0v) is 8.19. The molecule has 14 heavy (non-hydrogen) atoms. The number of halogens is 1. The van der Waals surface area contributed by atoms with Crippen LogP contribution in [-0.4, -0.2) is 21.6 Å². The molecule has 1 aromatic rings. The van der Waals surface area contributed by atoms with Crippen molar-refractivity contribution in [1.29, 1.82) is 0 Å². The second kappa shape index (κ2) is 3.34. The summed E-state index contributed by atoms with van der Waals surface area (Å²) in [6.45, 7) is 1.79. The number of aromatic nitrogens is 2. The summed E-state index contributed by atoms with van der Waals surface area (Å²) < 4.78 is 0. The number of amides is 1. The van der Waals surface area contributed by atoms with Gasteiger partial charge in [-0.25, -0.2) is 9.97 Å². The van der Waals surface area contributed by atoms with E-state index in [9.17, 15) is 4.79 Å². The lowest BCUT2D eigenvalue weighted by Gasteiger charge is -2.08. The number of hydrazone groups is 1. The van der Waals surface area contributed by atoms with Crippen molar-refractivity contribution in [2.45, 2.75) is 13.3 Å². The van der Waals surface area contributed by atoms with Crippen LogP contribution in [0.15, 0.2) is 17.5 Å². The van der Waals surface area contributed by atoms with Crippen LogP contribution in [0, 0.1) is 0 Å². The second-order valence-corrected chi connectivity index (χ2v) is 3.30. The molecular formula is C8H7ClN4O. The summed E-state index contributed by atoms with van der Waals surface area (Å²) in [5.74, 6) is 0.301. The van der Waals surface area contributed by atoms with Crippen molar-refractivity contribution in [2.75, 3.05) is 5.01 Å². The summed E-state index contributed by atoms with van der Waals surface area (Å²) in [5.41, 5.74) is 0.770. The summed E-state index contributed by atoms with van der Waals surface area (Å²) in [7, 11) is 0. The molecule has 0 saturated heterocycles. The second-order valence-electron chi connectivity index (χ2n) is 2.91. The number of anilines is 1. The molecule has 0 aromatic carbocycles. The molecule has 1 amide bonds. The molecule has 0 spiro atoms. The van der Waals surface area contributed by atoms with Crippen molar-refractivity contribution in [1.82, 2.24) is 9.97 Å². The fourth-order valence-corrected chi connectivity index (χ4v) is 1.25. The van der Waals surface area contributed by atoms with E-state index in [2.05, 4.69) is 15.1 Å². The van der Waals surface area contributed by atoms with Crippen molar-refractivity contribution >= 4 is 29.0 Å². The van der Waals surface area contributed by atoms with Crippen LogP contribution in [0.2, 0.25) is 5.15 Å². The monoisotopic (exact) mass is 210 g/mol. The molecule has 0 bridgehead atoms. The fourth-order valence-electron chi connectivity index (χ4n) is 1.15. The lowest BCUT2D eigenvalue weighted by atomic mass is 10.3. The Balaban J connectivity index is 2.32. The molecule has 0 saturated carbocycles. The first-order valence-electron chi connectivity index (χ1n) is 4.01. The number of carbonyl (C=O) groups excluding carboxylic acids is 1. The van der Waals surface area contributed by atoms with E-state index < -0.39 is 0 Å². The first kappa shape index (κ1) is 9.08. The van der Waals surface area contributed by atoms with Gasteiger partial charge < -0.3 is 0 Å². The van der Waals surface area contributed by atoms with Crippen LogP contribution in [0.3, 0.4) is 0 Å². The topological polar surface area (TPSA) is 58.5 Å². The van der Waals surface area contributed by atoms with Crippen LogP contribution in [0.1, 0.15) is 13.3 Å². The van der Waals surface area contributed by atoms with E-state index in [1.165, 1.54) is 17.4 Å². The maximum atomic E-state index is 11.4. The molecule has 0 atom stereocenters. The Morgan fingerprint density at radius 1 is 1.43 bits per heavy atom. The zero-order chi connectivity index (χ0) is 10.1. The Morgan fingerprint density at radius 2 is 2.21 bits per heavy atom. The highest BCUT2D eigenvalue weighted by Gasteiger charge is 2.23. The Hall–Kier alpha value is -1.49. The van der Waals surface area contributed by atoms with Gasteiger partial charge in [-0.3, -0.25) is 4.79 Å². The van der Waals surface area contributed by atoms with Gasteiger partial charge in [0.1, 0.15) is 5.15 Å². The summed E-state index contributed by atoms with van der Waals surface area (Å²) in [6, 6.07) is 0. The number of hydrogen-bond acceptors (Lipinski definition) is 4. The number of hydrogen-bond donors (Lipinski definition) is 0. The van der Waals surface area contributed by atoms with Crippen molar-refractivity contribution < 1.29 is 4.79 Å². The highest BCUT2D eigenvalue weighted by atomic mass is 35.5. The van der Waals surface area contributed by atoms with E-state index in [1.807, 2.05) is 0 Å². The average molecular weight is 211 g/mol. The van der Waals surface area contributed by atoms with Crippen LogP contribution < -0.4 is 5.01 Å². The van der Waals surface area contributed by atoms with Gasteiger partial charge in [-0.15, -0.1) is 0 Å². The highest BCUT2D eigenvalue weighted by Crippen LogP contribution is 2.17. The van der Waals surface area contributed by atoms with Gasteiger partial charge in [-0.1, -0.05) is 11.6 Å². The van der Waals surface area contributed by atoms with Crippen LogP contribution in [0.4, 0.5) is 5.82 Å². The summed E-state index contributed by atoms with van der Waals surface area (Å²) in [4.78, 5) is 19.2. The minimum absolute atomic E-state index is 0.0980. The molecule has 1 aliphatic rings. The smallest absolute Gasteiger partial charge is 0.254 e. The number of rotatable bonds is 1. The zero-order valence-electron chi connectivity index (χ0n) is 7.44. The largest absolute Gasteiger partial charge is 0.272 e. The van der Waals surface area contributed by atoms with Gasteiger partial charge in [0.2, 0.25) is 0 Å². The fraction of sp³-hybridized carbons (Fsp3) is 0.250. The van der Waals surface area contributed by atoms with Crippen molar-refractivity contribution in [3.8, 4) is 0 Å². The standard InChI is InChI=1S/C8H7ClN4O/c1-5-2-8(14)13(12-5)7-4-10-6(9)3-11-7/h3-4H,2H2,1H3. The molecule has 72 valence electrons. The SMILES string of the molecule is CC1=NN(c2cnc(Cl)cn2)C(=O)C1. The quantitative estimate of drug-likeness (QED) is 0.701.